The molecule has 0 fully saturated rings. The van der Waals surface area contributed by atoms with Crippen molar-refractivity contribution in [2.45, 2.75) is 6.43 Å². The normalized spacial score (nSPS) is 10.1. The maximum Gasteiger partial charge on any atom is 0.268 e. The predicted octanol–water partition coefficient (Wildman–Crippen LogP) is 1.32. The minimum absolute atomic E-state index is 0.505. The van der Waals surface area contributed by atoms with Crippen LogP contribution in [0.2, 0.25) is 0 Å². The van der Waals surface area contributed by atoms with Gasteiger partial charge in [-0.25, -0.2) is 13.2 Å². The Morgan fingerprint density at radius 2 is 2.15 bits per heavy atom. The van der Waals surface area contributed by atoms with E-state index in [-0.39, 0.29) is 0 Å². The van der Waals surface area contributed by atoms with Crippen LogP contribution in [0.1, 0.15) is 17.6 Å². The van der Waals surface area contributed by atoms with Crippen LogP contribution in [0.4, 0.5) is 13.2 Å². The van der Waals surface area contributed by atoms with Crippen LogP contribution in [0.25, 0.3) is 0 Å². The predicted molar refractivity (Wildman–Crippen MR) is 36.7 cm³/mol. The number of rotatable bonds is 1. The second-order valence-electron chi connectivity index (χ2n) is 2.17. The van der Waals surface area contributed by atoms with Crippen molar-refractivity contribution in [1.82, 2.24) is 4.98 Å². The van der Waals surface area contributed by atoms with Crippen LogP contribution in [0.5, 0.6) is 0 Å². The zero-order valence-corrected chi connectivity index (χ0v) is 6.14. The molecule has 0 unspecified atom stereocenters. The number of pyridine rings is 1. The topological polar surface area (TPSA) is 56.6 Å². The van der Waals surface area contributed by atoms with Gasteiger partial charge < -0.3 is 4.98 Å². The van der Waals surface area contributed by atoms with Crippen LogP contribution < -0.4 is 5.56 Å². The third kappa shape index (κ3) is 1.54. The summed E-state index contributed by atoms with van der Waals surface area (Å²) in [5.41, 5.74) is -3.04. The summed E-state index contributed by atoms with van der Waals surface area (Å²) in [6, 6.07) is 1.22. The molecule has 0 radical (unpaired) electrons. The van der Waals surface area contributed by atoms with Crippen molar-refractivity contribution >= 4 is 0 Å². The van der Waals surface area contributed by atoms with E-state index in [0.717, 1.165) is 0 Å². The van der Waals surface area contributed by atoms with E-state index >= 15 is 0 Å². The zero-order chi connectivity index (χ0) is 10.0. The van der Waals surface area contributed by atoms with Gasteiger partial charge in [0.05, 0.1) is 5.56 Å². The largest absolute Gasteiger partial charge is 0.325 e. The second-order valence-corrected chi connectivity index (χ2v) is 2.17. The van der Waals surface area contributed by atoms with Gasteiger partial charge in [-0.2, -0.15) is 5.26 Å². The number of nitriles is 1. The lowest BCUT2D eigenvalue weighted by molar-refractivity contribution is 0.145. The Labute approximate surface area is 70.4 Å². The third-order valence-electron chi connectivity index (χ3n) is 1.41. The van der Waals surface area contributed by atoms with Gasteiger partial charge in [0.15, 0.2) is 0 Å². The van der Waals surface area contributed by atoms with Gasteiger partial charge in [0.2, 0.25) is 0 Å². The first kappa shape index (κ1) is 9.32. The van der Waals surface area contributed by atoms with Gasteiger partial charge in [-0.1, -0.05) is 0 Å². The van der Waals surface area contributed by atoms with Crippen LogP contribution in [0.3, 0.4) is 0 Å². The summed E-state index contributed by atoms with van der Waals surface area (Å²) < 4.78 is 36.9. The van der Waals surface area contributed by atoms with E-state index in [1.807, 2.05) is 4.98 Å². The van der Waals surface area contributed by atoms with Crippen molar-refractivity contribution in [3.8, 4) is 6.07 Å². The highest BCUT2D eigenvalue weighted by molar-refractivity contribution is 5.36. The van der Waals surface area contributed by atoms with Gasteiger partial charge in [0.1, 0.15) is 17.4 Å². The van der Waals surface area contributed by atoms with Crippen molar-refractivity contribution in [1.29, 1.82) is 5.26 Å². The number of alkyl halides is 2. The first-order valence-corrected chi connectivity index (χ1v) is 3.17. The van der Waals surface area contributed by atoms with E-state index in [0.29, 0.717) is 6.20 Å². The van der Waals surface area contributed by atoms with Crippen LogP contribution >= 0.6 is 0 Å². The maximum atomic E-state index is 12.7. The fourth-order valence-electron chi connectivity index (χ4n) is 0.845. The molecule has 0 bridgehead atoms. The second kappa shape index (κ2) is 3.31. The van der Waals surface area contributed by atoms with Crippen molar-refractivity contribution in [3.05, 3.63) is 33.5 Å². The van der Waals surface area contributed by atoms with Gasteiger partial charge in [0, 0.05) is 6.20 Å². The molecule has 1 heterocycles. The number of nitrogens with one attached hydrogen (secondary N) is 1. The number of hydrogen-bond donors (Lipinski definition) is 1. The number of aromatic amines is 1. The summed E-state index contributed by atoms with van der Waals surface area (Å²) in [4.78, 5) is 12.6. The maximum absolute atomic E-state index is 12.7. The lowest BCUT2D eigenvalue weighted by Gasteiger charge is -2.01. The fraction of sp³-hybridized carbons (Fsp3) is 0.143. The van der Waals surface area contributed by atoms with Gasteiger partial charge in [-0.3, -0.25) is 4.79 Å². The molecular weight excluding hydrogens is 185 g/mol. The fourth-order valence-corrected chi connectivity index (χ4v) is 0.845. The average molecular weight is 188 g/mol. The molecule has 0 aliphatic rings. The van der Waals surface area contributed by atoms with E-state index in [2.05, 4.69) is 0 Å². The van der Waals surface area contributed by atoms with Crippen molar-refractivity contribution in [2.24, 2.45) is 0 Å². The lowest BCUT2D eigenvalue weighted by atomic mass is 10.1. The Morgan fingerprint density at radius 3 is 2.54 bits per heavy atom. The molecule has 1 N–H and O–H groups in total. The monoisotopic (exact) mass is 188 g/mol. The SMILES string of the molecule is N#Cc1c(C(F)F)c(F)c[nH]c1=O. The smallest absolute Gasteiger partial charge is 0.268 e. The van der Waals surface area contributed by atoms with E-state index < -0.39 is 28.9 Å². The molecule has 1 aromatic rings. The van der Waals surface area contributed by atoms with Crippen LogP contribution in [0.15, 0.2) is 11.0 Å². The Bertz CT molecular complexity index is 419. The highest BCUT2D eigenvalue weighted by Crippen LogP contribution is 2.22. The van der Waals surface area contributed by atoms with E-state index in [1.165, 1.54) is 6.07 Å². The Morgan fingerprint density at radius 1 is 1.54 bits per heavy atom. The molecule has 68 valence electrons. The minimum Gasteiger partial charge on any atom is -0.325 e. The van der Waals surface area contributed by atoms with E-state index in [9.17, 15) is 18.0 Å². The Balaban J connectivity index is 3.56. The standard InChI is InChI=1S/C7H3F3N2O/c8-4-2-12-7(13)3(1-11)5(4)6(9)10/h2,6H,(H,12,13). The van der Waals surface area contributed by atoms with Crippen LogP contribution in [-0.2, 0) is 0 Å². The average Bonchev–Trinajstić information content (AvgIpc) is 2.07. The van der Waals surface area contributed by atoms with Crippen LogP contribution in [0, 0.1) is 17.1 Å². The number of nitrogens with zero attached hydrogens (tertiary/aromatic N) is 1. The van der Waals surface area contributed by atoms with Gasteiger partial charge in [-0.05, 0) is 0 Å². The first-order chi connectivity index (χ1) is 6.07. The molecule has 13 heavy (non-hydrogen) atoms. The summed E-state index contributed by atoms with van der Waals surface area (Å²) in [7, 11) is 0. The third-order valence-corrected chi connectivity index (χ3v) is 1.41. The number of aromatic nitrogens is 1. The highest BCUT2D eigenvalue weighted by atomic mass is 19.3. The Kier molecular flexibility index (Phi) is 2.37. The quantitative estimate of drug-likeness (QED) is 0.722. The van der Waals surface area contributed by atoms with E-state index in [4.69, 9.17) is 5.26 Å². The number of hydrogen-bond acceptors (Lipinski definition) is 2. The summed E-state index contributed by atoms with van der Waals surface area (Å²) in [5.74, 6) is -1.29. The van der Waals surface area contributed by atoms with E-state index in [1.54, 1.807) is 0 Å². The van der Waals surface area contributed by atoms with Gasteiger partial charge in [-0.15, -0.1) is 0 Å². The molecule has 0 saturated heterocycles. The molecule has 1 rings (SSSR count). The van der Waals surface area contributed by atoms with Crippen LogP contribution in [-0.4, -0.2) is 4.98 Å². The molecule has 3 nitrogen and oxygen atoms in total. The molecule has 0 amide bonds. The van der Waals surface area contributed by atoms with Crippen molar-refractivity contribution in [2.75, 3.05) is 0 Å². The highest BCUT2D eigenvalue weighted by Gasteiger charge is 2.20. The molecule has 0 saturated carbocycles. The Hall–Kier alpha value is -1.77. The summed E-state index contributed by atoms with van der Waals surface area (Å²) in [6.07, 6.45) is -2.66. The molecule has 1 aromatic heterocycles. The summed E-state index contributed by atoms with van der Waals surface area (Å²) in [5, 5.41) is 8.30. The molecule has 0 aromatic carbocycles. The summed E-state index contributed by atoms with van der Waals surface area (Å²) in [6.45, 7) is 0. The molecule has 6 heteroatoms. The van der Waals surface area contributed by atoms with Gasteiger partial charge in [0.25, 0.3) is 12.0 Å². The molecular formula is C7H3F3N2O. The lowest BCUT2D eigenvalue weighted by Crippen LogP contribution is -2.14. The van der Waals surface area contributed by atoms with Gasteiger partial charge >= 0.3 is 0 Å². The minimum atomic E-state index is -3.17. The zero-order valence-electron chi connectivity index (χ0n) is 6.14. The first-order valence-electron chi connectivity index (χ1n) is 3.17. The molecule has 0 spiro atoms. The van der Waals surface area contributed by atoms with Crippen molar-refractivity contribution < 1.29 is 13.2 Å². The molecule has 0 aliphatic carbocycles. The molecule has 0 aliphatic heterocycles. The number of H-pyrrole nitrogens is 1. The number of halogens is 3. The van der Waals surface area contributed by atoms with Crippen molar-refractivity contribution in [3.63, 3.8) is 0 Å². The summed E-state index contributed by atoms with van der Waals surface area (Å²) >= 11 is 0. The molecule has 0 atom stereocenters.